The molecule has 0 N–H and O–H groups in total. The summed E-state index contributed by atoms with van der Waals surface area (Å²) in [5.41, 5.74) is 2.78. The second kappa shape index (κ2) is 7.62. The monoisotopic (exact) mass is 365 g/mol. The molecule has 0 aliphatic heterocycles. The highest BCUT2D eigenvalue weighted by atomic mass is 79.9. The molecule has 0 bridgehead atoms. The predicted molar refractivity (Wildman–Crippen MR) is 93.4 cm³/mol. The highest BCUT2D eigenvalue weighted by molar-refractivity contribution is 9.10. The number of ether oxygens (including phenoxy) is 1. The molecule has 0 saturated carbocycles. The van der Waals surface area contributed by atoms with Crippen LogP contribution >= 0.6 is 27.5 Å². The minimum absolute atomic E-state index is 0.693. The highest BCUT2D eigenvalue weighted by Crippen LogP contribution is 2.27. The van der Waals surface area contributed by atoms with E-state index in [-0.39, 0.29) is 0 Å². The zero-order chi connectivity index (χ0) is 15.2. The summed E-state index contributed by atoms with van der Waals surface area (Å²) in [6, 6.07) is 11.6. The van der Waals surface area contributed by atoms with E-state index in [1.165, 1.54) is 0 Å². The van der Waals surface area contributed by atoms with E-state index in [0.29, 0.717) is 6.61 Å². The normalized spacial score (nSPS) is 11.0. The summed E-state index contributed by atoms with van der Waals surface area (Å²) in [5, 5.41) is 0.723. The highest BCUT2D eigenvalue weighted by Gasteiger charge is 2.04. The molecule has 2 aromatic rings. The minimum Gasteiger partial charge on any atom is -0.493 e. The van der Waals surface area contributed by atoms with Gasteiger partial charge >= 0.3 is 0 Å². The molecule has 0 fully saturated rings. The first kappa shape index (κ1) is 16.1. The van der Waals surface area contributed by atoms with Crippen LogP contribution in [-0.4, -0.2) is 12.8 Å². The van der Waals surface area contributed by atoms with Gasteiger partial charge in [-0.15, -0.1) is 0 Å². The average molecular weight is 367 g/mol. The molecular weight excluding hydrogens is 350 g/mol. The van der Waals surface area contributed by atoms with Crippen LogP contribution in [0.3, 0.4) is 0 Å². The van der Waals surface area contributed by atoms with E-state index in [0.717, 1.165) is 38.5 Å². The first-order chi connectivity index (χ1) is 10.1. The summed E-state index contributed by atoms with van der Waals surface area (Å²) in [5.74, 6) is 0.837. The molecule has 4 heteroatoms. The van der Waals surface area contributed by atoms with Gasteiger partial charge in [-0.05, 0) is 49.2 Å². The van der Waals surface area contributed by atoms with Crippen molar-refractivity contribution in [1.82, 2.24) is 0 Å². The van der Waals surface area contributed by atoms with Crippen molar-refractivity contribution in [3.8, 4) is 5.75 Å². The Labute approximate surface area is 138 Å². The Kier molecular flexibility index (Phi) is 5.83. The maximum atomic E-state index is 6.11. The Morgan fingerprint density at radius 2 is 2.10 bits per heavy atom. The zero-order valence-corrected chi connectivity index (χ0v) is 14.4. The van der Waals surface area contributed by atoms with Gasteiger partial charge in [0, 0.05) is 21.3 Å². The zero-order valence-electron chi connectivity index (χ0n) is 12.1. The lowest BCUT2D eigenvalue weighted by molar-refractivity contribution is 0.317. The standard InChI is InChI=1S/C17H17BrClNO/c1-3-9-21-17-8-7-14(18)10-13(17)11-20-16-6-4-5-15(19)12(16)2/h4-8,10-11H,3,9H2,1-2H3. The second-order valence-electron chi connectivity index (χ2n) is 4.67. The van der Waals surface area contributed by atoms with Crippen LogP contribution in [0.4, 0.5) is 5.69 Å². The second-order valence-corrected chi connectivity index (χ2v) is 6.00. The molecule has 21 heavy (non-hydrogen) atoms. The molecule has 0 atom stereocenters. The van der Waals surface area contributed by atoms with E-state index >= 15 is 0 Å². The quantitative estimate of drug-likeness (QED) is 0.599. The third kappa shape index (κ3) is 4.32. The molecule has 0 aromatic heterocycles. The topological polar surface area (TPSA) is 21.6 Å². The number of hydrogen-bond donors (Lipinski definition) is 0. The van der Waals surface area contributed by atoms with Crippen molar-refractivity contribution in [2.75, 3.05) is 6.61 Å². The van der Waals surface area contributed by atoms with Gasteiger partial charge in [-0.2, -0.15) is 0 Å². The molecule has 0 saturated heterocycles. The lowest BCUT2D eigenvalue weighted by atomic mass is 10.2. The summed E-state index contributed by atoms with van der Waals surface area (Å²) in [4.78, 5) is 4.54. The predicted octanol–water partition coefficient (Wildman–Crippen LogP) is 5.95. The number of hydrogen-bond acceptors (Lipinski definition) is 2. The van der Waals surface area contributed by atoms with Crippen molar-refractivity contribution >= 4 is 39.4 Å². The van der Waals surface area contributed by atoms with Crippen LogP contribution in [0.25, 0.3) is 0 Å². The van der Waals surface area contributed by atoms with Crippen molar-refractivity contribution in [1.29, 1.82) is 0 Å². The minimum atomic E-state index is 0.693. The molecule has 0 spiro atoms. The molecule has 0 radical (unpaired) electrons. The van der Waals surface area contributed by atoms with Crippen LogP contribution in [0.1, 0.15) is 24.5 Å². The van der Waals surface area contributed by atoms with Gasteiger partial charge in [-0.1, -0.05) is 40.5 Å². The van der Waals surface area contributed by atoms with Crippen LogP contribution in [-0.2, 0) is 0 Å². The first-order valence-corrected chi connectivity index (χ1v) is 8.00. The van der Waals surface area contributed by atoms with E-state index < -0.39 is 0 Å². The van der Waals surface area contributed by atoms with Crippen molar-refractivity contribution in [2.45, 2.75) is 20.3 Å². The third-order valence-corrected chi connectivity index (χ3v) is 3.92. The van der Waals surface area contributed by atoms with Gasteiger partial charge in [0.1, 0.15) is 5.75 Å². The Morgan fingerprint density at radius 1 is 1.29 bits per heavy atom. The molecule has 0 amide bonds. The van der Waals surface area contributed by atoms with Gasteiger partial charge in [0.25, 0.3) is 0 Å². The number of halogens is 2. The maximum absolute atomic E-state index is 6.11. The van der Waals surface area contributed by atoms with Crippen molar-refractivity contribution in [3.05, 3.63) is 57.0 Å². The van der Waals surface area contributed by atoms with Crippen LogP contribution in [0, 0.1) is 6.92 Å². The molecule has 2 aromatic carbocycles. The number of nitrogens with zero attached hydrogens (tertiary/aromatic N) is 1. The van der Waals surface area contributed by atoms with Crippen molar-refractivity contribution in [3.63, 3.8) is 0 Å². The van der Waals surface area contributed by atoms with Crippen LogP contribution in [0.2, 0.25) is 5.02 Å². The Hall–Kier alpha value is -1.32. The fourth-order valence-corrected chi connectivity index (χ4v) is 2.39. The van der Waals surface area contributed by atoms with Crippen LogP contribution in [0.5, 0.6) is 5.75 Å². The summed E-state index contributed by atoms with van der Waals surface area (Å²) in [6.07, 6.45) is 2.79. The lowest BCUT2D eigenvalue weighted by Crippen LogP contribution is -1.98. The van der Waals surface area contributed by atoms with E-state index in [1.807, 2.05) is 49.5 Å². The van der Waals surface area contributed by atoms with E-state index in [4.69, 9.17) is 16.3 Å². The smallest absolute Gasteiger partial charge is 0.128 e. The molecule has 0 aliphatic rings. The lowest BCUT2D eigenvalue weighted by Gasteiger charge is -2.08. The fourth-order valence-electron chi connectivity index (χ4n) is 1.84. The van der Waals surface area contributed by atoms with E-state index in [9.17, 15) is 0 Å². The van der Waals surface area contributed by atoms with Gasteiger partial charge in [-0.3, -0.25) is 4.99 Å². The summed E-state index contributed by atoms with van der Waals surface area (Å²) in [6.45, 7) is 4.74. The summed E-state index contributed by atoms with van der Waals surface area (Å²) in [7, 11) is 0. The van der Waals surface area contributed by atoms with Gasteiger partial charge in [0.05, 0.1) is 12.3 Å². The molecule has 0 unspecified atom stereocenters. The molecule has 2 nitrogen and oxygen atoms in total. The molecular formula is C17H17BrClNO. The molecule has 110 valence electrons. The van der Waals surface area contributed by atoms with Crippen molar-refractivity contribution < 1.29 is 4.74 Å². The Balaban J connectivity index is 2.31. The van der Waals surface area contributed by atoms with Crippen molar-refractivity contribution in [2.24, 2.45) is 4.99 Å². The molecule has 0 heterocycles. The van der Waals surface area contributed by atoms with Gasteiger partial charge in [0.15, 0.2) is 0 Å². The molecule has 2 rings (SSSR count). The Bertz CT molecular complexity index is 655. The SMILES string of the molecule is CCCOc1ccc(Br)cc1C=Nc1cccc(Cl)c1C. The average Bonchev–Trinajstić information content (AvgIpc) is 2.48. The number of aliphatic imine (C=N–C) groups is 1. The maximum Gasteiger partial charge on any atom is 0.128 e. The largest absolute Gasteiger partial charge is 0.493 e. The third-order valence-electron chi connectivity index (χ3n) is 3.02. The van der Waals surface area contributed by atoms with Gasteiger partial charge < -0.3 is 4.74 Å². The summed E-state index contributed by atoms with van der Waals surface area (Å²) >= 11 is 9.59. The Morgan fingerprint density at radius 3 is 2.86 bits per heavy atom. The van der Waals surface area contributed by atoms with Gasteiger partial charge in [-0.25, -0.2) is 0 Å². The fraction of sp³-hybridized carbons (Fsp3) is 0.235. The number of rotatable bonds is 5. The number of benzene rings is 2. The van der Waals surface area contributed by atoms with E-state index in [1.54, 1.807) is 0 Å². The summed E-state index contributed by atoms with van der Waals surface area (Å²) < 4.78 is 6.74. The van der Waals surface area contributed by atoms with Gasteiger partial charge in [0.2, 0.25) is 0 Å². The molecule has 0 aliphatic carbocycles. The van der Waals surface area contributed by atoms with Crippen LogP contribution < -0.4 is 4.74 Å². The van der Waals surface area contributed by atoms with Crippen LogP contribution in [0.15, 0.2) is 45.9 Å². The first-order valence-electron chi connectivity index (χ1n) is 6.83. The van der Waals surface area contributed by atoms with E-state index in [2.05, 4.69) is 27.8 Å².